The number of carbonyl (C=O) groups excluding carboxylic acids is 4. The van der Waals surface area contributed by atoms with Crippen LogP contribution in [0, 0.1) is 46.3 Å². The Bertz CT molecular complexity index is 1280. The molecule has 4 fully saturated rings. The van der Waals surface area contributed by atoms with E-state index < -0.39 is 66.4 Å². The molecule has 0 aromatic rings. The van der Waals surface area contributed by atoms with Gasteiger partial charge >= 0.3 is 7.12 Å². The molecule has 1 heterocycles. The van der Waals surface area contributed by atoms with Crippen LogP contribution in [0.1, 0.15) is 108 Å². The lowest BCUT2D eigenvalue weighted by Crippen LogP contribution is -2.65. The molecular formula is C36H60BN5O7. The fourth-order valence-corrected chi connectivity index (χ4v) is 7.62. The Morgan fingerprint density at radius 3 is 2.18 bits per heavy atom. The average molecular weight is 686 g/mol. The number of hydrogen-bond donors (Lipinski definition) is 5. The van der Waals surface area contributed by atoms with Gasteiger partial charge in [-0.2, -0.15) is 5.26 Å². The molecule has 0 radical (unpaired) electrons. The van der Waals surface area contributed by atoms with Gasteiger partial charge in [-0.15, -0.1) is 0 Å². The van der Waals surface area contributed by atoms with Crippen molar-refractivity contribution in [2.75, 3.05) is 6.54 Å². The van der Waals surface area contributed by atoms with E-state index in [1.54, 1.807) is 19.9 Å². The predicted octanol–water partition coefficient (Wildman–Crippen LogP) is 3.18. The van der Waals surface area contributed by atoms with E-state index in [-0.39, 0.29) is 41.9 Å². The molecule has 1 aliphatic heterocycles. The molecule has 4 aliphatic rings. The van der Waals surface area contributed by atoms with Crippen LogP contribution in [0.15, 0.2) is 11.6 Å². The molecule has 4 rings (SSSR count). The van der Waals surface area contributed by atoms with Crippen molar-refractivity contribution in [3.63, 3.8) is 0 Å². The number of nitrogens with zero attached hydrogens (tertiary/aromatic N) is 1. The van der Waals surface area contributed by atoms with Crippen LogP contribution in [0.3, 0.4) is 0 Å². The molecule has 0 unspecified atom stereocenters. The van der Waals surface area contributed by atoms with Gasteiger partial charge in [0.05, 0.1) is 23.8 Å². The Labute approximate surface area is 293 Å². The molecule has 5 N–H and O–H groups in total. The van der Waals surface area contributed by atoms with Crippen LogP contribution in [0.2, 0.25) is 0 Å². The Kier molecular flexibility index (Phi) is 13.9. The van der Waals surface area contributed by atoms with Gasteiger partial charge in [0.2, 0.25) is 17.7 Å². The highest BCUT2D eigenvalue weighted by Crippen LogP contribution is 2.65. The first-order valence-electron chi connectivity index (χ1n) is 18.1. The Balaban J connectivity index is 1.74. The molecule has 2 bridgehead atoms. The maximum atomic E-state index is 14.0. The van der Waals surface area contributed by atoms with Crippen LogP contribution in [0.5, 0.6) is 0 Å². The number of nitrogens with one attached hydrogen (secondary N) is 4. The number of rotatable bonds is 17. The summed E-state index contributed by atoms with van der Waals surface area (Å²) in [5.74, 6) is -1.64. The lowest BCUT2D eigenvalue weighted by Gasteiger charge is -2.64. The normalized spacial score (nSPS) is 26.6. The highest BCUT2D eigenvalue weighted by atomic mass is 16.7. The number of aliphatic hydroxyl groups is 1. The first-order chi connectivity index (χ1) is 22.8. The summed E-state index contributed by atoms with van der Waals surface area (Å²) in [6, 6.07) is -0.332. The standard InChI is InChI=1S/C36H60BN5O7/c1-20(2)15-24(19-38)32(45)39-14-12-11-13-26(40-34(47)30(23(7)43)42-31(44)22(5)6)33(46)41-29(16-21(3)4)37-48-28-18-25-17-27(35(25,8)9)36(28,10)49-37/h15,20-23,25-30,43H,11-14,16-18H2,1-10H3,(H,39,45)(H,40,47)(H,41,46)(H,42,44)/t23-,25+,26+,27+,28-,29+,30+,36+/m1/s1. The van der Waals surface area contributed by atoms with Gasteiger partial charge in [0.15, 0.2) is 0 Å². The Morgan fingerprint density at radius 1 is 0.959 bits per heavy atom. The fourth-order valence-electron chi connectivity index (χ4n) is 7.62. The summed E-state index contributed by atoms with van der Waals surface area (Å²) in [7, 11) is -0.646. The second kappa shape index (κ2) is 16.8. The third kappa shape index (κ3) is 9.86. The molecule has 0 spiro atoms. The van der Waals surface area contributed by atoms with E-state index >= 15 is 0 Å². The Morgan fingerprint density at radius 2 is 1.63 bits per heavy atom. The largest absolute Gasteiger partial charge is 0.481 e. The molecule has 13 heteroatoms. The van der Waals surface area contributed by atoms with Gasteiger partial charge in [0.25, 0.3) is 5.91 Å². The number of amides is 4. The highest BCUT2D eigenvalue weighted by molar-refractivity contribution is 6.48. The molecule has 12 nitrogen and oxygen atoms in total. The molecular weight excluding hydrogens is 625 g/mol. The first-order valence-corrected chi connectivity index (χ1v) is 18.1. The van der Waals surface area contributed by atoms with Gasteiger partial charge in [-0.3, -0.25) is 19.2 Å². The van der Waals surface area contributed by atoms with Crippen LogP contribution in [-0.4, -0.2) is 78.2 Å². The summed E-state index contributed by atoms with van der Waals surface area (Å²) < 4.78 is 13.3. The minimum absolute atomic E-state index is 0.0444. The summed E-state index contributed by atoms with van der Waals surface area (Å²) in [6.07, 6.45) is 4.12. The van der Waals surface area contributed by atoms with Gasteiger partial charge < -0.3 is 35.7 Å². The van der Waals surface area contributed by atoms with Gasteiger partial charge in [-0.05, 0) is 81.5 Å². The van der Waals surface area contributed by atoms with E-state index in [0.29, 0.717) is 31.1 Å². The third-order valence-electron chi connectivity index (χ3n) is 10.6. The predicted molar refractivity (Wildman–Crippen MR) is 187 cm³/mol. The molecule has 4 amide bonds. The molecule has 274 valence electrons. The topological polar surface area (TPSA) is 179 Å². The van der Waals surface area contributed by atoms with Crippen LogP contribution in [0.25, 0.3) is 0 Å². The second-order valence-electron chi connectivity index (χ2n) is 16.2. The SMILES string of the molecule is CC(C)C=C(C#N)C(=O)NCCCC[C@H](NC(=O)[C@@H](NC(=O)C(C)C)[C@@H](C)O)C(=O)N[C@@H](CC(C)C)B1O[C@@H]2C[C@@H]3C[C@@H](C3(C)C)[C@]2(C)O1. The molecule has 1 saturated heterocycles. The molecule has 0 aromatic carbocycles. The second-order valence-corrected chi connectivity index (χ2v) is 16.2. The summed E-state index contributed by atoms with van der Waals surface area (Å²) in [6.45, 7) is 19.7. The van der Waals surface area contributed by atoms with Gasteiger partial charge in [-0.25, -0.2) is 0 Å². The summed E-state index contributed by atoms with van der Waals surface area (Å²) in [4.78, 5) is 52.4. The number of unbranched alkanes of at least 4 members (excludes halogenated alkanes) is 1. The van der Waals surface area contributed by atoms with E-state index in [1.165, 1.54) is 6.92 Å². The van der Waals surface area contributed by atoms with E-state index in [2.05, 4.69) is 55.9 Å². The Hall–Kier alpha value is -2.95. The van der Waals surface area contributed by atoms with E-state index in [1.807, 2.05) is 19.9 Å². The van der Waals surface area contributed by atoms with Crippen LogP contribution < -0.4 is 21.3 Å². The number of aliphatic hydroxyl groups excluding tert-OH is 1. The molecule has 3 aliphatic carbocycles. The van der Waals surface area contributed by atoms with Gasteiger partial charge in [-0.1, -0.05) is 61.5 Å². The van der Waals surface area contributed by atoms with Crippen LogP contribution in [0.4, 0.5) is 0 Å². The van der Waals surface area contributed by atoms with Crippen molar-refractivity contribution >= 4 is 30.7 Å². The minimum Gasteiger partial charge on any atom is -0.404 e. The van der Waals surface area contributed by atoms with Crippen molar-refractivity contribution in [2.45, 2.75) is 144 Å². The van der Waals surface area contributed by atoms with Crippen LogP contribution >= 0.6 is 0 Å². The van der Waals surface area contributed by atoms with Crippen molar-refractivity contribution in [3.05, 3.63) is 11.6 Å². The zero-order valence-electron chi connectivity index (χ0n) is 31.2. The molecule has 49 heavy (non-hydrogen) atoms. The van der Waals surface area contributed by atoms with Gasteiger partial charge in [0, 0.05) is 12.5 Å². The molecule has 0 aromatic heterocycles. The first kappa shape index (κ1) is 40.5. The van der Waals surface area contributed by atoms with E-state index in [0.717, 1.165) is 12.8 Å². The zero-order valence-corrected chi connectivity index (χ0v) is 31.2. The highest BCUT2D eigenvalue weighted by Gasteiger charge is 2.68. The van der Waals surface area contributed by atoms with E-state index in [4.69, 9.17) is 9.31 Å². The minimum atomic E-state index is -1.26. The lowest BCUT2D eigenvalue weighted by molar-refractivity contribution is -0.199. The zero-order chi connectivity index (χ0) is 36.8. The van der Waals surface area contributed by atoms with Crippen molar-refractivity contribution in [1.82, 2.24) is 21.3 Å². The van der Waals surface area contributed by atoms with Crippen molar-refractivity contribution in [2.24, 2.45) is 35.0 Å². The number of nitriles is 1. The summed E-state index contributed by atoms with van der Waals surface area (Å²) in [5, 5.41) is 30.9. The van der Waals surface area contributed by atoms with Crippen molar-refractivity contribution in [1.29, 1.82) is 5.26 Å². The third-order valence-corrected chi connectivity index (χ3v) is 10.6. The monoisotopic (exact) mass is 685 g/mol. The van der Waals surface area contributed by atoms with Crippen molar-refractivity contribution in [3.8, 4) is 6.07 Å². The maximum Gasteiger partial charge on any atom is 0.481 e. The van der Waals surface area contributed by atoms with E-state index in [9.17, 15) is 29.5 Å². The van der Waals surface area contributed by atoms with Gasteiger partial charge in [0.1, 0.15) is 23.7 Å². The maximum absolute atomic E-state index is 14.0. The number of carbonyl (C=O) groups is 4. The molecule has 8 atom stereocenters. The smallest absolute Gasteiger partial charge is 0.404 e. The number of hydrogen-bond acceptors (Lipinski definition) is 8. The number of allylic oxidation sites excluding steroid dienone is 1. The molecule has 3 saturated carbocycles. The average Bonchev–Trinajstić information content (AvgIpc) is 3.37. The quantitative estimate of drug-likeness (QED) is 0.0671. The summed E-state index contributed by atoms with van der Waals surface area (Å²) in [5.41, 5.74) is -0.230. The van der Waals surface area contributed by atoms with Crippen molar-refractivity contribution < 1.29 is 33.6 Å². The van der Waals surface area contributed by atoms with Crippen LogP contribution in [-0.2, 0) is 28.5 Å². The fraction of sp³-hybridized carbons (Fsp3) is 0.806. The summed E-state index contributed by atoms with van der Waals surface area (Å²) >= 11 is 0. The lowest BCUT2D eigenvalue weighted by atomic mass is 9.43.